The Hall–Kier alpha value is -2.28. The van der Waals surface area contributed by atoms with E-state index in [2.05, 4.69) is 21.2 Å². The van der Waals surface area contributed by atoms with Crippen molar-refractivity contribution in [1.82, 2.24) is 0 Å². The highest BCUT2D eigenvalue weighted by Gasteiger charge is 2.17. The van der Waals surface area contributed by atoms with Gasteiger partial charge in [-0.1, -0.05) is 0 Å². The number of methoxy groups -OCH3 is 1. The van der Waals surface area contributed by atoms with Gasteiger partial charge in [-0.3, -0.25) is 4.79 Å². The molecule has 1 N–H and O–H groups in total. The van der Waals surface area contributed by atoms with E-state index < -0.39 is 11.9 Å². The topological polar surface area (TPSA) is 56.8 Å². The van der Waals surface area contributed by atoms with Crippen LogP contribution in [0.5, 0.6) is 17.2 Å². The summed E-state index contributed by atoms with van der Waals surface area (Å²) in [5.74, 6) is 0.769. The van der Waals surface area contributed by atoms with Crippen LogP contribution in [0.25, 0.3) is 0 Å². The highest BCUT2D eigenvalue weighted by atomic mass is 79.9. The molecule has 2 rings (SSSR count). The van der Waals surface area contributed by atoms with E-state index in [0.29, 0.717) is 34.0 Å². The molecule has 2 aromatic rings. The molecule has 134 valence electrons. The number of ether oxygens (including phenoxy) is 3. The Morgan fingerprint density at radius 1 is 1.20 bits per heavy atom. The van der Waals surface area contributed by atoms with Gasteiger partial charge >= 0.3 is 0 Å². The van der Waals surface area contributed by atoms with E-state index in [1.54, 1.807) is 25.1 Å². The summed E-state index contributed by atoms with van der Waals surface area (Å²) in [6, 6.07) is 9.11. The first-order valence-electron chi connectivity index (χ1n) is 7.68. The minimum Gasteiger partial charge on any atom is -0.493 e. The van der Waals surface area contributed by atoms with Crippen molar-refractivity contribution in [2.45, 2.75) is 20.0 Å². The number of carbonyl (C=O) groups is 1. The average Bonchev–Trinajstić information content (AvgIpc) is 2.58. The number of rotatable bonds is 7. The van der Waals surface area contributed by atoms with Crippen LogP contribution in [-0.2, 0) is 4.79 Å². The molecule has 1 unspecified atom stereocenters. The lowest BCUT2D eigenvalue weighted by Crippen LogP contribution is -2.30. The molecule has 0 heterocycles. The largest absolute Gasteiger partial charge is 0.493 e. The molecule has 0 saturated heterocycles. The summed E-state index contributed by atoms with van der Waals surface area (Å²) in [6.07, 6.45) is -0.778. The zero-order valence-electron chi connectivity index (χ0n) is 14.1. The molecule has 0 saturated carbocycles. The van der Waals surface area contributed by atoms with Crippen LogP contribution in [0.3, 0.4) is 0 Å². The van der Waals surface area contributed by atoms with Crippen LogP contribution < -0.4 is 19.5 Å². The van der Waals surface area contributed by atoms with Crippen molar-refractivity contribution >= 4 is 27.5 Å². The molecular formula is C18H19BrFNO4. The van der Waals surface area contributed by atoms with Gasteiger partial charge in [0.15, 0.2) is 17.6 Å². The van der Waals surface area contributed by atoms with Gasteiger partial charge in [0.25, 0.3) is 5.91 Å². The number of hydrogen-bond acceptors (Lipinski definition) is 4. The number of benzene rings is 2. The molecular weight excluding hydrogens is 393 g/mol. The van der Waals surface area contributed by atoms with E-state index in [-0.39, 0.29) is 5.91 Å². The lowest BCUT2D eigenvalue weighted by Gasteiger charge is -2.16. The summed E-state index contributed by atoms with van der Waals surface area (Å²) in [4.78, 5) is 12.3. The van der Waals surface area contributed by atoms with Gasteiger partial charge in [-0.05, 0) is 60.1 Å². The minimum atomic E-state index is -0.778. The van der Waals surface area contributed by atoms with Crippen LogP contribution >= 0.6 is 15.9 Å². The van der Waals surface area contributed by atoms with Crippen molar-refractivity contribution in [3.63, 3.8) is 0 Å². The Balaban J connectivity index is 2.05. The summed E-state index contributed by atoms with van der Waals surface area (Å²) < 4.78 is 29.8. The standard InChI is InChI=1S/C18H19BrFNO4/c1-4-24-16-8-6-13(10-17(16)23-3)21-18(22)11(2)25-15-7-5-12(20)9-14(15)19/h5-11H,4H2,1-3H3,(H,21,22). The summed E-state index contributed by atoms with van der Waals surface area (Å²) >= 11 is 3.21. The van der Waals surface area contributed by atoms with Gasteiger partial charge < -0.3 is 19.5 Å². The van der Waals surface area contributed by atoms with Crippen molar-refractivity contribution in [3.8, 4) is 17.2 Å². The van der Waals surface area contributed by atoms with E-state index in [9.17, 15) is 9.18 Å². The maximum Gasteiger partial charge on any atom is 0.265 e. The van der Waals surface area contributed by atoms with Gasteiger partial charge in [0.1, 0.15) is 11.6 Å². The first-order chi connectivity index (χ1) is 11.9. The number of nitrogens with one attached hydrogen (secondary N) is 1. The molecule has 0 aromatic heterocycles. The average molecular weight is 412 g/mol. The molecule has 0 fully saturated rings. The van der Waals surface area contributed by atoms with Gasteiger partial charge in [-0.25, -0.2) is 4.39 Å². The molecule has 0 aliphatic carbocycles. The van der Waals surface area contributed by atoms with E-state index in [1.807, 2.05) is 6.92 Å². The fourth-order valence-corrected chi connectivity index (χ4v) is 2.52. The molecule has 0 radical (unpaired) electrons. The molecule has 7 heteroatoms. The van der Waals surface area contributed by atoms with Gasteiger partial charge in [-0.15, -0.1) is 0 Å². The van der Waals surface area contributed by atoms with Crippen LogP contribution in [0.2, 0.25) is 0 Å². The maximum absolute atomic E-state index is 13.1. The maximum atomic E-state index is 13.1. The fourth-order valence-electron chi connectivity index (χ4n) is 2.08. The van der Waals surface area contributed by atoms with Gasteiger partial charge in [0.05, 0.1) is 18.2 Å². The third-order valence-corrected chi connectivity index (χ3v) is 3.92. The van der Waals surface area contributed by atoms with E-state index in [1.165, 1.54) is 25.3 Å². The van der Waals surface area contributed by atoms with Crippen molar-refractivity contribution in [3.05, 3.63) is 46.7 Å². The third kappa shape index (κ3) is 5.09. The zero-order chi connectivity index (χ0) is 18.4. The number of amides is 1. The Labute approximate surface area is 154 Å². The zero-order valence-corrected chi connectivity index (χ0v) is 15.7. The van der Waals surface area contributed by atoms with Gasteiger partial charge in [0.2, 0.25) is 0 Å². The second-order valence-corrected chi connectivity index (χ2v) is 5.98. The van der Waals surface area contributed by atoms with Crippen molar-refractivity contribution in [1.29, 1.82) is 0 Å². The SMILES string of the molecule is CCOc1ccc(NC(=O)C(C)Oc2ccc(F)cc2Br)cc1OC. The Kier molecular flexibility index (Phi) is 6.64. The van der Waals surface area contributed by atoms with E-state index >= 15 is 0 Å². The minimum absolute atomic E-state index is 0.345. The molecule has 0 bridgehead atoms. The van der Waals surface area contributed by atoms with Crippen LogP contribution in [0, 0.1) is 5.82 Å². The lowest BCUT2D eigenvalue weighted by atomic mass is 10.2. The van der Waals surface area contributed by atoms with Crippen LogP contribution in [-0.4, -0.2) is 25.7 Å². The van der Waals surface area contributed by atoms with Gasteiger partial charge in [-0.2, -0.15) is 0 Å². The second-order valence-electron chi connectivity index (χ2n) is 5.12. The van der Waals surface area contributed by atoms with E-state index in [0.717, 1.165) is 0 Å². The Morgan fingerprint density at radius 2 is 1.92 bits per heavy atom. The predicted molar refractivity (Wildman–Crippen MR) is 97.0 cm³/mol. The van der Waals surface area contributed by atoms with Crippen LogP contribution in [0.4, 0.5) is 10.1 Å². The Morgan fingerprint density at radius 3 is 2.56 bits per heavy atom. The lowest BCUT2D eigenvalue weighted by molar-refractivity contribution is -0.122. The first kappa shape index (κ1) is 19.1. The summed E-state index contributed by atoms with van der Waals surface area (Å²) in [5.41, 5.74) is 0.555. The normalized spacial score (nSPS) is 11.6. The smallest absolute Gasteiger partial charge is 0.265 e. The quantitative estimate of drug-likeness (QED) is 0.733. The Bertz CT molecular complexity index is 754. The highest BCUT2D eigenvalue weighted by Crippen LogP contribution is 2.30. The second kappa shape index (κ2) is 8.71. The highest BCUT2D eigenvalue weighted by molar-refractivity contribution is 9.10. The van der Waals surface area contributed by atoms with Crippen molar-refractivity contribution in [2.75, 3.05) is 19.0 Å². The number of hydrogen-bond donors (Lipinski definition) is 1. The van der Waals surface area contributed by atoms with Crippen molar-refractivity contribution < 1.29 is 23.4 Å². The van der Waals surface area contributed by atoms with Crippen LogP contribution in [0.15, 0.2) is 40.9 Å². The molecule has 0 aliphatic heterocycles. The molecule has 25 heavy (non-hydrogen) atoms. The molecule has 1 amide bonds. The summed E-state index contributed by atoms with van der Waals surface area (Å²) in [5, 5.41) is 2.75. The predicted octanol–water partition coefficient (Wildman–Crippen LogP) is 4.40. The number of anilines is 1. The van der Waals surface area contributed by atoms with Crippen molar-refractivity contribution in [2.24, 2.45) is 0 Å². The molecule has 0 aliphatic rings. The number of carbonyl (C=O) groups excluding carboxylic acids is 1. The molecule has 1 atom stereocenters. The molecule has 5 nitrogen and oxygen atoms in total. The number of halogens is 2. The summed E-state index contributed by atoms with van der Waals surface area (Å²) in [7, 11) is 1.53. The third-order valence-electron chi connectivity index (χ3n) is 3.30. The first-order valence-corrected chi connectivity index (χ1v) is 8.47. The van der Waals surface area contributed by atoms with Crippen LogP contribution in [0.1, 0.15) is 13.8 Å². The molecule has 2 aromatic carbocycles. The summed E-state index contributed by atoms with van der Waals surface area (Å²) in [6.45, 7) is 4.00. The van der Waals surface area contributed by atoms with E-state index in [4.69, 9.17) is 14.2 Å². The van der Waals surface area contributed by atoms with Gasteiger partial charge in [0, 0.05) is 11.8 Å². The monoisotopic (exact) mass is 411 g/mol. The fraction of sp³-hybridized carbons (Fsp3) is 0.278. The molecule has 0 spiro atoms.